The zero-order valence-electron chi connectivity index (χ0n) is 25.0. The Morgan fingerprint density at radius 2 is 1.80 bits per heavy atom. The number of carbonyl (C=O) groups excluding carboxylic acids is 2. The predicted molar refractivity (Wildman–Crippen MR) is 169 cm³/mol. The average molecular weight is 597 g/mol. The Labute approximate surface area is 254 Å². The van der Waals surface area contributed by atoms with Crippen LogP contribution in [-0.4, -0.2) is 50.7 Å². The van der Waals surface area contributed by atoms with Crippen molar-refractivity contribution in [3.05, 3.63) is 83.8 Å². The number of rotatable bonds is 10. The van der Waals surface area contributed by atoms with Crippen molar-refractivity contribution in [2.45, 2.75) is 32.2 Å². The number of methoxy groups -OCH3 is 1. The highest BCUT2D eigenvalue weighted by Crippen LogP contribution is 2.42. The van der Waals surface area contributed by atoms with Gasteiger partial charge in [-0.15, -0.1) is 0 Å². The van der Waals surface area contributed by atoms with E-state index in [1.54, 1.807) is 48.7 Å². The first-order valence-corrected chi connectivity index (χ1v) is 14.2. The maximum absolute atomic E-state index is 13.7. The van der Waals surface area contributed by atoms with Crippen LogP contribution in [0.1, 0.15) is 47.4 Å². The van der Waals surface area contributed by atoms with Gasteiger partial charge in [0.1, 0.15) is 34.2 Å². The van der Waals surface area contributed by atoms with Crippen LogP contribution in [0.2, 0.25) is 0 Å². The normalized spacial score (nSPS) is 14.0. The van der Waals surface area contributed by atoms with Crippen molar-refractivity contribution in [3.8, 4) is 33.9 Å². The summed E-state index contributed by atoms with van der Waals surface area (Å²) in [6, 6.07) is 14.5. The van der Waals surface area contributed by atoms with Crippen LogP contribution in [0.15, 0.2) is 81.3 Å². The van der Waals surface area contributed by atoms with Crippen LogP contribution in [0.5, 0.6) is 11.5 Å². The number of halogens is 1. The topological polar surface area (TPSA) is 115 Å². The number of fused-ring (bicyclic) bond motifs is 1. The monoisotopic (exact) mass is 596 g/mol. The van der Waals surface area contributed by atoms with Crippen LogP contribution in [0, 0.1) is 5.82 Å². The minimum Gasteiger partial charge on any atom is -0.496 e. The molecule has 0 radical (unpaired) electrons. The summed E-state index contributed by atoms with van der Waals surface area (Å²) in [5.74, 6) is 0.499. The lowest BCUT2D eigenvalue weighted by Crippen LogP contribution is -2.42. The van der Waals surface area contributed by atoms with Crippen LogP contribution >= 0.6 is 0 Å². The first kappa shape index (κ1) is 30.2. The van der Waals surface area contributed by atoms with E-state index in [1.807, 2.05) is 19.9 Å². The standard InChI is InChI=1S/C34H33FN4O5/c1-6-16-38-33(37-4)34(14-15-34)39-31(40)25-17-21(10-13-26(25)42-5)23-18-24-28(19-27(23)43-7-2)44-30(29(24)32(41)36-3)20-8-11-22(35)12-9-20/h6,8-13,16-19H,4,7,14-15H2,1-3,5H3,(H,36,41)(H,39,40)/b16-6-,38-33?. The number of carbonyl (C=O) groups is 2. The van der Waals surface area contributed by atoms with Crippen molar-refractivity contribution in [1.82, 2.24) is 10.6 Å². The number of nitrogens with one attached hydrogen (secondary N) is 2. The van der Waals surface area contributed by atoms with E-state index in [2.05, 4.69) is 27.3 Å². The maximum atomic E-state index is 13.7. The van der Waals surface area contributed by atoms with Gasteiger partial charge in [-0.25, -0.2) is 14.4 Å². The second-order valence-electron chi connectivity index (χ2n) is 10.2. The van der Waals surface area contributed by atoms with Gasteiger partial charge in [-0.05, 0) is 81.4 Å². The number of furan rings is 1. The van der Waals surface area contributed by atoms with E-state index in [-0.39, 0.29) is 11.8 Å². The van der Waals surface area contributed by atoms with Gasteiger partial charge in [0.25, 0.3) is 11.8 Å². The zero-order valence-corrected chi connectivity index (χ0v) is 25.0. The predicted octanol–water partition coefficient (Wildman–Crippen LogP) is 6.57. The SMILES string of the molecule is C=NC(=N/C=C\C)C1(NC(=O)c2cc(-c3cc4c(C(=O)NC)c(-c5ccc(F)cc5)oc4cc3OCC)ccc2OC)CC1. The van der Waals surface area contributed by atoms with Crippen LogP contribution in [0.3, 0.4) is 0 Å². The maximum Gasteiger partial charge on any atom is 0.255 e. The summed E-state index contributed by atoms with van der Waals surface area (Å²) in [4.78, 5) is 35.3. The zero-order chi connectivity index (χ0) is 31.4. The number of aliphatic imine (C=N–C) groups is 2. The highest BCUT2D eigenvalue weighted by atomic mass is 19.1. The largest absolute Gasteiger partial charge is 0.496 e. The van der Waals surface area contributed by atoms with Gasteiger partial charge in [0.05, 0.1) is 24.8 Å². The fraction of sp³-hybridized carbons (Fsp3) is 0.235. The number of nitrogens with zero attached hydrogens (tertiary/aromatic N) is 2. The van der Waals surface area contributed by atoms with E-state index < -0.39 is 11.4 Å². The van der Waals surface area contributed by atoms with E-state index in [4.69, 9.17) is 13.9 Å². The first-order chi connectivity index (χ1) is 21.3. The minimum absolute atomic E-state index is 0.297. The fourth-order valence-corrected chi connectivity index (χ4v) is 5.11. The molecule has 4 aromatic rings. The summed E-state index contributed by atoms with van der Waals surface area (Å²) in [5, 5.41) is 6.28. The third-order valence-corrected chi connectivity index (χ3v) is 7.43. The summed E-state index contributed by atoms with van der Waals surface area (Å²) >= 11 is 0. The lowest BCUT2D eigenvalue weighted by Gasteiger charge is -2.19. The molecule has 0 bridgehead atoms. The molecule has 226 valence electrons. The molecule has 9 nitrogen and oxygen atoms in total. The Kier molecular flexibility index (Phi) is 8.61. The summed E-state index contributed by atoms with van der Waals surface area (Å²) in [6.45, 7) is 7.70. The summed E-state index contributed by atoms with van der Waals surface area (Å²) in [5.41, 5.74) is 2.15. The Balaban J connectivity index is 1.63. The van der Waals surface area contributed by atoms with Crippen LogP contribution in [0.4, 0.5) is 4.39 Å². The number of ether oxygens (including phenoxy) is 2. The number of amidine groups is 1. The molecule has 44 heavy (non-hydrogen) atoms. The van der Waals surface area contributed by atoms with Crippen molar-refractivity contribution >= 4 is 35.3 Å². The van der Waals surface area contributed by atoms with Gasteiger partial charge in [-0.1, -0.05) is 12.1 Å². The van der Waals surface area contributed by atoms with Gasteiger partial charge in [-0.2, -0.15) is 0 Å². The van der Waals surface area contributed by atoms with Crippen LogP contribution in [0.25, 0.3) is 33.4 Å². The van der Waals surface area contributed by atoms with Gasteiger partial charge >= 0.3 is 0 Å². The van der Waals surface area contributed by atoms with Crippen molar-refractivity contribution in [3.63, 3.8) is 0 Å². The molecule has 10 heteroatoms. The minimum atomic E-state index is -0.704. The molecule has 0 spiro atoms. The number of amides is 2. The summed E-state index contributed by atoms with van der Waals surface area (Å²) < 4.78 is 31.4. The van der Waals surface area contributed by atoms with Crippen molar-refractivity contribution in [2.24, 2.45) is 9.98 Å². The second-order valence-corrected chi connectivity index (χ2v) is 10.2. The number of hydrogen-bond acceptors (Lipinski definition) is 6. The van der Waals surface area contributed by atoms with Gasteiger partial charge < -0.3 is 24.5 Å². The van der Waals surface area contributed by atoms with E-state index in [9.17, 15) is 14.0 Å². The lowest BCUT2D eigenvalue weighted by atomic mass is 9.97. The molecule has 2 amide bonds. The summed E-state index contributed by atoms with van der Waals surface area (Å²) in [7, 11) is 3.03. The Morgan fingerprint density at radius 1 is 1.07 bits per heavy atom. The molecular formula is C34H33FN4O5. The molecule has 1 heterocycles. The smallest absolute Gasteiger partial charge is 0.255 e. The Hall–Kier alpha value is -5.25. The molecule has 0 unspecified atom stereocenters. The quantitative estimate of drug-likeness (QED) is 0.159. The van der Waals surface area contributed by atoms with Crippen molar-refractivity contribution in [1.29, 1.82) is 0 Å². The molecule has 0 saturated heterocycles. The van der Waals surface area contributed by atoms with Gasteiger partial charge in [0.2, 0.25) is 0 Å². The third-order valence-electron chi connectivity index (χ3n) is 7.43. The average Bonchev–Trinajstić information content (AvgIpc) is 3.71. The highest BCUT2D eigenvalue weighted by molar-refractivity contribution is 6.12. The molecule has 1 aliphatic carbocycles. The molecule has 1 fully saturated rings. The van der Waals surface area contributed by atoms with E-state index in [1.165, 1.54) is 26.3 Å². The first-order valence-electron chi connectivity index (χ1n) is 14.2. The van der Waals surface area contributed by atoms with Gasteiger partial charge in [-0.3, -0.25) is 9.59 Å². The van der Waals surface area contributed by atoms with E-state index >= 15 is 0 Å². The fourth-order valence-electron chi connectivity index (χ4n) is 5.11. The van der Waals surface area contributed by atoms with E-state index in [0.29, 0.717) is 81.3 Å². The van der Waals surface area contributed by atoms with Crippen LogP contribution in [-0.2, 0) is 0 Å². The van der Waals surface area contributed by atoms with Crippen molar-refractivity contribution in [2.75, 3.05) is 20.8 Å². The van der Waals surface area contributed by atoms with Gasteiger partial charge in [0.15, 0.2) is 5.84 Å². The molecular weight excluding hydrogens is 563 g/mol. The van der Waals surface area contributed by atoms with Crippen LogP contribution < -0.4 is 20.1 Å². The van der Waals surface area contributed by atoms with E-state index in [0.717, 1.165) is 0 Å². The second kappa shape index (κ2) is 12.5. The van der Waals surface area contributed by atoms with Gasteiger partial charge in [0, 0.05) is 35.8 Å². The molecule has 2 N–H and O–H groups in total. The van der Waals surface area contributed by atoms with Crippen molar-refractivity contribution < 1.29 is 27.9 Å². The molecule has 1 aromatic heterocycles. The number of benzene rings is 3. The lowest BCUT2D eigenvalue weighted by molar-refractivity contribution is 0.0937. The molecule has 0 aliphatic heterocycles. The molecule has 0 atom stereocenters. The molecule has 5 rings (SSSR count). The number of hydrogen-bond donors (Lipinski definition) is 2. The number of allylic oxidation sites excluding steroid dienone is 1. The Bertz CT molecular complexity index is 1800. The molecule has 1 saturated carbocycles. The molecule has 3 aromatic carbocycles. The third kappa shape index (κ3) is 5.70. The summed E-state index contributed by atoms with van der Waals surface area (Å²) in [6.07, 6.45) is 4.76. The Morgan fingerprint density at radius 3 is 2.41 bits per heavy atom. The highest BCUT2D eigenvalue weighted by Gasteiger charge is 2.49. The molecule has 1 aliphatic rings.